The SMILES string of the molecule is O=[C]C1CCCC([C]=O)(N=C=O)C1. The topological polar surface area (TPSA) is 63.6 Å². The lowest BCUT2D eigenvalue weighted by molar-refractivity contribution is 0.318. The van der Waals surface area contributed by atoms with E-state index < -0.39 is 5.54 Å². The molecule has 13 heavy (non-hydrogen) atoms. The minimum absolute atomic E-state index is 0.245. The Bertz CT molecular complexity index is 258. The first-order valence-corrected chi connectivity index (χ1v) is 4.12. The van der Waals surface area contributed by atoms with Gasteiger partial charge in [-0.05, 0) is 25.7 Å². The lowest BCUT2D eigenvalue weighted by atomic mass is 9.77. The summed E-state index contributed by atoms with van der Waals surface area (Å²) in [5.74, 6) is -0.299. The summed E-state index contributed by atoms with van der Waals surface area (Å²) >= 11 is 0. The fourth-order valence-electron chi connectivity index (χ4n) is 1.66. The van der Waals surface area contributed by atoms with Crippen LogP contribution in [0.25, 0.3) is 0 Å². The van der Waals surface area contributed by atoms with E-state index in [0.717, 1.165) is 0 Å². The lowest BCUT2D eigenvalue weighted by Gasteiger charge is -2.28. The molecule has 0 bridgehead atoms. The Morgan fingerprint density at radius 1 is 1.31 bits per heavy atom. The molecule has 0 aliphatic heterocycles. The third-order valence-corrected chi connectivity index (χ3v) is 2.34. The molecule has 2 radical (unpaired) electrons. The molecule has 4 nitrogen and oxygen atoms in total. The van der Waals surface area contributed by atoms with Crippen molar-refractivity contribution < 1.29 is 14.4 Å². The fourth-order valence-corrected chi connectivity index (χ4v) is 1.66. The molecule has 0 N–H and O–H groups in total. The van der Waals surface area contributed by atoms with Gasteiger partial charge in [-0.25, -0.2) is 4.79 Å². The van der Waals surface area contributed by atoms with E-state index in [2.05, 4.69) is 4.99 Å². The van der Waals surface area contributed by atoms with Crippen LogP contribution in [-0.4, -0.2) is 24.2 Å². The van der Waals surface area contributed by atoms with Gasteiger partial charge in [0.2, 0.25) is 18.7 Å². The van der Waals surface area contributed by atoms with Crippen molar-refractivity contribution >= 4 is 18.7 Å². The van der Waals surface area contributed by atoms with Gasteiger partial charge in [-0.3, -0.25) is 9.59 Å². The molecule has 1 aliphatic carbocycles. The number of carbonyl (C=O) groups excluding carboxylic acids is 3. The third-order valence-electron chi connectivity index (χ3n) is 2.34. The van der Waals surface area contributed by atoms with Gasteiger partial charge in [0.25, 0.3) is 0 Å². The summed E-state index contributed by atoms with van der Waals surface area (Å²) < 4.78 is 0. The minimum Gasteiger partial charge on any atom is -0.291 e. The highest BCUT2D eigenvalue weighted by Gasteiger charge is 2.37. The molecule has 1 saturated carbocycles. The Balaban J connectivity index is 2.80. The van der Waals surface area contributed by atoms with Gasteiger partial charge < -0.3 is 0 Å². The predicted molar refractivity (Wildman–Crippen MR) is 44.2 cm³/mol. The van der Waals surface area contributed by atoms with Crippen molar-refractivity contribution in [3.63, 3.8) is 0 Å². The van der Waals surface area contributed by atoms with Crippen LogP contribution in [0.4, 0.5) is 0 Å². The lowest BCUT2D eigenvalue weighted by Crippen LogP contribution is -2.35. The van der Waals surface area contributed by atoms with Crippen LogP contribution in [0.1, 0.15) is 25.7 Å². The molecule has 0 amide bonds. The summed E-state index contributed by atoms with van der Waals surface area (Å²) in [4.78, 5) is 34.5. The molecule has 2 atom stereocenters. The second-order valence-corrected chi connectivity index (χ2v) is 3.25. The van der Waals surface area contributed by atoms with Crippen molar-refractivity contribution in [3.8, 4) is 0 Å². The van der Waals surface area contributed by atoms with E-state index in [9.17, 15) is 14.4 Å². The summed E-state index contributed by atoms with van der Waals surface area (Å²) in [6, 6.07) is 0. The number of hydrogen-bond donors (Lipinski definition) is 0. The standard InChI is InChI=1S/C9H9NO3/c11-5-8-2-1-3-9(4-8,6-12)10-7-13/h8H,1-4H2. The average molecular weight is 179 g/mol. The largest absolute Gasteiger partial charge is 0.291 e. The highest BCUT2D eigenvalue weighted by Crippen LogP contribution is 2.32. The van der Waals surface area contributed by atoms with Gasteiger partial charge in [0.1, 0.15) is 5.54 Å². The zero-order valence-electron chi connectivity index (χ0n) is 7.08. The quantitative estimate of drug-likeness (QED) is 0.467. The third kappa shape index (κ3) is 2.10. The molecule has 0 heterocycles. The molecule has 0 saturated heterocycles. The minimum atomic E-state index is -1.12. The van der Waals surface area contributed by atoms with Crippen molar-refractivity contribution in [1.29, 1.82) is 0 Å². The zero-order chi connectivity index (χ0) is 9.73. The highest BCUT2D eigenvalue weighted by atomic mass is 16.1. The summed E-state index contributed by atoms with van der Waals surface area (Å²) in [5.41, 5.74) is -1.12. The van der Waals surface area contributed by atoms with Gasteiger partial charge in [-0.2, -0.15) is 4.99 Å². The summed E-state index contributed by atoms with van der Waals surface area (Å²) in [6.45, 7) is 0. The molecular weight excluding hydrogens is 170 g/mol. The van der Waals surface area contributed by atoms with E-state index in [1.54, 1.807) is 6.29 Å². The van der Waals surface area contributed by atoms with Gasteiger partial charge in [0.15, 0.2) is 0 Å². The van der Waals surface area contributed by atoms with Crippen molar-refractivity contribution in [2.24, 2.45) is 10.9 Å². The van der Waals surface area contributed by atoms with Crippen molar-refractivity contribution in [2.45, 2.75) is 31.2 Å². The Morgan fingerprint density at radius 2 is 2.08 bits per heavy atom. The molecule has 0 aromatic rings. The van der Waals surface area contributed by atoms with Crippen molar-refractivity contribution in [3.05, 3.63) is 0 Å². The van der Waals surface area contributed by atoms with Gasteiger partial charge in [-0.15, -0.1) is 0 Å². The van der Waals surface area contributed by atoms with Crippen LogP contribution in [0.2, 0.25) is 0 Å². The van der Waals surface area contributed by atoms with Crippen molar-refractivity contribution in [2.75, 3.05) is 0 Å². The molecule has 68 valence electrons. The predicted octanol–water partition coefficient (Wildman–Crippen LogP) is 0.471. The van der Waals surface area contributed by atoms with Gasteiger partial charge in [0.05, 0.1) is 0 Å². The smallest absolute Gasteiger partial charge is 0.235 e. The van der Waals surface area contributed by atoms with E-state index in [1.807, 2.05) is 6.29 Å². The summed E-state index contributed by atoms with van der Waals surface area (Å²) in [5, 5.41) is 0. The van der Waals surface area contributed by atoms with Crippen LogP contribution in [0.5, 0.6) is 0 Å². The van der Waals surface area contributed by atoms with Crippen LogP contribution in [0, 0.1) is 5.92 Å². The van der Waals surface area contributed by atoms with Crippen molar-refractivity contribution in [1.82, 2.24) is 0 Å². The van der Waals surface area contributed by atoms with Crippen LogP contribution in [0.3, 0.4) is 0 Å². The van der Waals surface area contributed by atoms with Crippen LogP contribution < -0.4 is 0 Å². The van der Waals surface area contributed by atoms with Gasteiger partial charge in [-0.1, -0.05) is 0 Å². The molecule has 0 aromatic carbocycles. The second-order valence-electron chi connectivity index (χ2n) is 3.25. The van der Waals surface area contributed by atoms with E-state index in [1.165, 1.54) is 6.08 Å². The monoisotopic (exact) mass is 179 g/mol. The molecule has 1 fully saturated rings. The van der Waals surface area contributed by atoms with Gasteiger partial charge in [0, 0.05) is 5.92 Å². The van der Waals surface area contributed by atoms with Crippen LogP contribution in [0.15, 0.2) is 4.99 Å². The van der Waals surface area contributed by atoms with Crippen LogP contribution >= 0.6 is 0 Å². The maximum atomic E-state index is 10.6. The number of nitrogens with zero attached hydrogens (tertiary/aromatic N) is 1. The molecule has 4 heteroatoms. The summed E-state index contributed by atoms with van der Waals surface area (Å²) in [6.07, 6.45) is 7.04. The van der Waals surface area contributed by atoms with E-state index in [4.69, 9.17) is 0 Å². The van der Waals surface area contributed by atoms with Gasteiger partial charge >= 0.3 is 0 Å². The first kappa shape index (κ1) is 9.81. The molecular formula is C9H9NO3. The average Bonchev–Trinajstić information content (AvgIpc) is 2.19. The molecule has 2 unspecified atom stereocenters. The summed E-state index contributed by atoms with van der Waals surface area (Å²) in [7, 11) is 0. The maximum Gasteiger partial charge on any atom is 0.235 e. The Kier molecular flexibility index (Phi) is 3.09. The zero-order valence-corrected chi connectivity index (χ0v) is 7.08. The first-order valence-electron chi connectivity index (χ1n) is 4.12. The number of rotatable bonds is 3. The molecule has 0 aromatic heterocycles. The second kappa shape index (κ2) is 4.10. The molecule has 0 spiro atoms. The van der Waals surface area contributed by atoms with E-state index in [-0.39, 0.29) is 12.3 Å². The Labute approximate surface area is 76.0 Å². The maximum absolute atomic E-state index is 10.6. The number of isocyanates is 1. The Morgan fingerprint density at radius 3 is 2.62 bits per heavy atom. The van der Waals surface area contributed by atoms with E-state index >= 15 is 0 Å². The first-order chi connectivity index (χ1) is 6.26. The highest BCUT2D eigenvalue weighted by molar-refractivity contribution is 5.69. The number of aliphatic imine (C=N–C) groups is 1. The Hall–Kier alpha value is -1.28. The van der Waals surface area contributed by atoms with Crippen LogP contribution in [-0.2, 0) is 14.4 Å². The molecule has 1 rings (SSSR count). The molecule has 1 aliphatic rings. The fraction of sp³-hybridized carbons (Fsp3) is 0.667. The number of hydrogen-bond acceptors (Lipinski definition) is 4. The normalized spacial score (nSPS) is 33.1. The van der Waals surface area contributed by atoms with E-state index in [0.29, 0.717) is 19.3 Å².